The number of nitrogens with two attached hydrogens (primary N) is 1. The molecule has 1 unspecified atom stereocenters. The van der Waals surface area contributed by atoms with Gasteiger partial charge >= 0.3 is 5.97 Å². The number of hydrogen-bond donors (Lipinski definition) is 2. The molecule has 1 atom stereocenters. The number of nitrogens with one attached hydrogen (secondary N) is 1. The number of rotatable bonds is 6. The van der Waals surface area contributed by atoms with Crippen molar-refractivity contribution in [1.29, 1.82) is 0 Å². The highest BCUT2D eigenvalue weighted by Crippen LogP contribution is 2.20. The average Bonchev–Trinajstić information content (AvgIpc) is 2.41. The van der Waals surface area contributed by atoms with E-state index in [0.29, 0.717) is 23.2 Å². The summed E-state index contributed by atoms with van der Waals surface area (Å²) in [5, 5.41) is 3.10. The van der Waals surface area contributed by atoms with Gasteiger partial charge in [-0.2, -0.15) is 0 Å². The van der Waals surface area contributed by atoms with Gasteiger partial charge in [0.25, 0.3) is 5.91 Å². The molecule has 0 aliphatic carbocycles. The first-order chi connectivity index (χ1) is 9.81. The second-order valence-electron chi connectivity index (χ2n) is 5.26. The molecule has 21 heavy (non-hydrogen) atoms. The Morgan fingerprint density at radius 3 is 2.57 bits per heavy atom. The third kappa shape index (κ3) is 5.63. The Hall–Kier alpha value is -1.75. The molecule has 0 fully saturated rings. The Morgan fingerprint density at radius 2 is 2.00 bits per heavy atom. The molecule has 3 N–H and O–H groups in total. The summed E-state index contributed by atoms with van der Waals surface area (Å²) in [6.45, 7) is 6.23. The zero-order valence-corrected chi connectivity index (χ0v) is 13.2. The highest BCUT2D eigenvalue weighted by Gasteiger charge is 2.19. The summed E-state index contributed by atoms with van der Waals surface area (Å²) in [7, 11) is 0. The molecular weight excluding hydrogens is 292 g/mol. The molecule has 0 saturated heterocycles. The van der Waals surface area contributed by atoms with Crippen molar-refractivity contribution in [3.05, 3.63) is 28.8 Å². The van der Waals surface area contributed by atoms with Gasteiger partial charge in [0.05, 0.1) is 16.3 Å². The minimum atomic E-state index is -0.860. The van der Waals surface area contributed by atoms with Crippen molar-refractivity contribution < 1.29 is 14.3 Å². The molecule has 1 aromatic carbocycles. The van der Waals surface area contributed by atoms with Gasteiger partial charge in [-0.25, -0.2) is 4.79 Å². The maximum absolute atomic E-state index is 11.9. The molecule has 0 bridgehead atoms. The summed E-state index contributed by atoms with van der Waals surface area (Å²) in [5.41, 5.74) is 6.18. The Labute approximate surface area is 129 Å². The minimum absolute atomic E-state index is 0.263. The monoisotopic (exact) mass is 312 g/mol. The van der Waals surface area contributed by atoms with Gasteiger partial charge in [-0.3, -0.25) is 4.79 Å². The van der Waals surface area contributed by atoms with Crippen LogP contribution in [-0.2, 0) is 9.53 Å². The van der Waals surface area contributed by atoms with Crippen LogP contribution in [0.1, 0.15) is 37.6 Å². The van der Waals surface area contributed by atoms with E-state index in [4.69, 9.17) is 22.1 Å². The molecule has 116 valence electrons. The molecule has 0 aromatic heterocycles. The van der Waals surface area contributed by atoms with Crippen LogP contribution in [0.5, 0.6) is 0 Å². The third-order valence-electron chi connectivity index (χ3n) is 2.91. The first-order valence-electron chi connectivity index (χ1n) is 6.85. The second kappa shape index (κ2) is 7.88. The van der Waals surface area contributed by atoms with Gasteiger partial charge in [0.1, 0.15) is 0 Å². The molecule has 1 amide bonds. The Morgan fingerprint density at radius 1 is 1.33 bits per heavy atom. The van der Waals surface area contributed by atoms with Crippen LogP contribution in [0, 0.1) is 5.92 Å². The number of carbonyl (C=O) groups is 2. The van der Waals surface area contributed by atoms with Crippen molar-refractivity contribution in [3.8, 4) is 0 Å². The molecule has 0 aliphatic rings. The van der Waals surface area contributed by atoms with Gasteiger partial charge in [0, 0.05) is 6.54 Å². The van der Waals surface area contributed by atoms with Crippen molar-refractivity contribution in [2.24, 2.45) is 5.92 Å². The summed E-state index contributed by atoms with van der Waals surface area (Å²) >= 11 is 5.78. The minimum Gasteiger partial charge on any atom is -0.449 e. The van der Waals surface area contributed by atoms with E-state index in [1.807, 2.05) is 0 Å². The van der Waals surface area contributed by atoms with Crippen molar-refractivity contribution >= 4 is 29.2 Å². The summed E-state index contributed by atoms with van der Waals surface area (Å²) in [6, 6.07) is 4.44. The molecule has 0 saturated carbocycles. The van der Waals surface area contributed by atoms with E-state index in [1.165, 1.54) is 25.1 Å². The smallest absolute Gasteiger partial charge is 0.338 e. The van der Waals surface area contributed by atoms with Crippen LogP contribution in [0.3, 0.4) is 0 Å². The van der Waals surface area contributed by atoms with E-state index in [0.717, 1.165) is 6.42 Å². The number of esters is 1. The lowest BCUT2D eigenvalue weighted by Crippen LogP contribution is -2.36. The van der Waals surface area contributed by atoms with E-state index in [-0.39, 0.29) is 11.5 Å². The number of ether oxygens (including phenoxy) is 1. The van der Waals surface area contributed by atoms with Gasteiger partial charge in [-0.1, -0.05) is 25.4 Å². The third-order valence-corrected chi connectivity index (χ3v) is 3.25. The Kier molecular flexibility index (Phi) is 6.49. The van der Waals surface area contributed by atoms with E-state index in [1.54, 1.807) is 0 Å². The van der Waals surface area contributed by atoms with E-state index >= 15 is 0 Å². The summed E-state index contributed by atoms with van der Waals surface area (Å²) in [6.07, 6.45) is 0.0155. The molecule has 6 heteroatoms. The molecular formula is C15H21ClN2O3. The largest absolute Gasteiger partial charge is 0.449 e. The van der Waals surface area contributed by atoms with Gasteiger partial charge in [0.15, 0.2) is 6.10 Å². The molecule has 0 aliphatic heterocycles. The number of amides is 1. The highest BCUT2D eigenvalue weighted by molar-refractivity contribution is 6.33. The number of hydrogen-bond acceptors (Lipinski definition) is 4. The summed E-state index contributed by atoms with van der Waals surface area (Å²) in [4.78, 5) is 23.7. The SMILES string of the molecule is CC(C)CCNC(=O)C(C)OC(=O)c1ccc(Cl)c(N)c1. The van der Waals surface area contributed by atoms with Crippen LogP contribution in [0.15, 0.2) is 18.2 Å². The number of anilines is 1. The number of nitrogen functional groups attached to an aromatic ring is 1. The lowest BCUT2D eigenvalue weighted by atomic mass is 10.1. The average molecular weight is 313 g/mol. The zero-order valence-electron chi connectivity index (χ0n) is 12.5. The predicted molar refractivity (Wildman–Crippen MR) is 83.2 cm³/mol. The van der Waals surface area contributed by atoms with Crippen molar-refractivity contribution in [2.45, 2.75) is 33.3 Å². The maximum atomic E-state index is 11.9. The van der Waals surface area contributed by atoms with Crippen molar-refractivity contribution in [1.82, 2.24) is 5.32 Å². The van der Waals surface area contributed by atoms with Gasteiger partial charge in [-0.15, -0.1) is 0 Å². The molecule has 0 heterocycles. The lowest BCUT2D eigenvalue weighted by Gasteiger charge is -2.14. The molecule has 0 spiro atoms. The first kappa shape index (κ1) is 17.3. The van der Waals surface area contributed by atoms with Crippen LogP contribution in [-0.4, -0.2) is 24.5 Å². The second-order valence-corrected chi connectivity index (χ2v) is 5.66. The summed E-state index contributed by atoms with van der Waals surface area (Å²) in [5.74, 6) is -0.420. The topological polar surface area (TPSA) is 81.4 Å². The fraction of sp³-hybridized carbons (Fsp3) is 0.467. The van der Waals surface area contributed by atoms with Gasteiger partial charge in [0.2, 0.25) is 0 Å². The van der Waals surface area contributed by atoms with Crippen molar-refractivity contribution in [3.63, 3.8) is 0 Å². The first-order valence-corrected chi connectivity index (χ1v) is 7.22. The molecule has 1 rings (SSSR count). The van der Waals surface area contributed by atoms with Crippen LogP contribution >= 0.6 is 11.6 Å². The Balaban J connectivity index is 2.53. The maximum Gasteiger partial charge on any atom is 0.338 e. The summed E-state index contributed by atoms with van der Waals surface area (Å²) < 4.78 is 5.10. The predicted octanol–water partition coefficient (Wildman–Crippen LogP) is 2.63. The zero-order chi connectivity index (χ0) is 16.0. The van der Waals surface area contributed by atoms with E-state index in [9.17, 15) is 9.59 Å². The number of benzene rings is 1. The van der Waals surface area contributed by atoms with E-state index < -0.39 is 12.1 Å². The van der Waals surface area contributed by atoms with Crippen molar-refractivity contribution in [2.75, 3.05) is 12.3 Å². The molecule has 0 radical (unpaired) electrons. The fourth-order valence-corrected chi connectivity index (χ4v) is 1.70. The number of carbonyl (C=O) groups excluding carboxylic acids is 2. The van der Waals surface area contributed by atoms with Crippen LogP contribution in [0.4, 0.5) is 5.69 Å². The number of halogens is 1. The standard InChI is InChI=1S/C15H21ClN2O3/c1-9(2)6-7-18-14(19)10(3)21-15(20)11-4-5-12(16)13(17)8-11/h4-5,8-10H,6-7,17H2,1-3H3,(H,18,19). The van der Waals surface area contributed by atoms with Crippen LogP contribution in [0.25, 0.3) is 0 Å². The van der Waals surface area contributed by atoms with Gasteiger partial charge < -0.3 is 15.8 Å². The molecule has 5 nitrogen and oxygen atoms in total. The quantitative estimate of drug-likeness (QED) is 0.625. The fourth-order valence-electron chi connectivity index (χ4n) is 1.58. The Bertz CT molecular complexity index is 518. The van der Waals surface area contributed by atoms with Crippen LogP contribution in [0.2, 0.25) is 5.02 Å². The van der Waals surface area contributed by atoms with Crippen LogP contribution < -0.4 is 11.1 Å². The normalized spacial score (nSPS) is 12.0. The highest BCUT2D eigenvalue weighted by atomic mass is 35.5. The molecule has 1 aromatic rings. The lowest BCUT2D eigenvalue weighted by molar-refractivity contribution is -0.129. The van der Waals surface area contributed by atoms with Gasteiger partial charge in [-0.05, 0) is 37.5 Å². The van der Waals surface area contributed by atoms with E-state index in [2.05, 4.69) is 19.2 Å².